The maximum Gasteiger partial charge on any atom is 0.244 e. The first-order valence-electron chi connectivity index (χ1n) is 11.8. The zero-order valence-electron chi connectivity index (χ0n) is 20.3. The first-order valence-corrected chi connectivity index (χ1v) is 13.7. The molecule has 6 nitrogen and oxygen atoms in total. The summed E-state index contributed by atoms with van der Waals surface area (Å²) < 4.78 is 26.6. The molecule has 0 aromatic heterocycles. The van der Waals surface area contributed by atoms with Gasteiger partial charge in [-0.3, -0.25) is 14.0 Å². The van der Waals surface area contributed by atoms with Crippen LogP contribution in [-0.4, -0.2) is 44.6 Å². The number of anilines is 1. The maximum absolute atomic E-state index is 13.1. The summed E-state index contributed by atoms with van der Waals surface area (Å²) in [5.41, 5.74) is 4.84. The van der Waals surface area contributed by atoms with Crippen LogP contribution in [0.15, 0.2) is 42.5 Å². The van der Waals surface area contributed by atoms with Gasteiger partial charge in [-0.2, -0.15) is 0 Å². The Bertz CT molecular complexity index is 1060. The first kappa shape index (κ1) is 25.2. The fourth-order valence-corrected chi connectivity index (χ4v) is 5.65. The molecule has 3 rings (SSSR count). The third-order valence-electron chi connectivity index (χ3n) is 6.39. The van der Waals surface area contributed by atoms with Crippen molar-refractivity contribution in [3.8, 4) is 0 Å². The Morgan fingerprint density at radius 3 is 2.36 bits per heavy atom. The maximum atomic E-state index is 13.1. The van der Waals surface area contributed by atoms with Crippen LogP contribution in [-0.2, 0) is 27.9 Å². The van der Waals surface area contributed by atoms with Crippen molar-refractivity contribution in [2.24, 2.45) is 0 Å². The van der Waals surface area contributed by atoms with Crippen LogP contribution in [0, 0.1) is 13.8 Å². The number of hydrogen-bond donors (Lipinski definition) is 1. The Kier molecular flexibility index (Phi) is 8.54. The number of benzene rings is 2. The van der Waals surface area contributed by atoms with Crippen molar-refractivity contribution < 1.29 is 13.2 Å². The van der Waals surface area contributed by atoms with E-state index in [0.717, 1.165) is 42.6 Å². The van der Waals surface area contributed by atoms with E-state index in [4.69, 9.17) is 0 Å². The zero-order chi connectivity index (χ0) is 24.0. The van der Waals surface area contributed by atoms with Gasteiger partial charge in [0.25, 0.3) is 0 Å². The van der Waals surface area contributed by atoms with Gasteiger partial charge >= 0.3 is 0 Å². The average molecular weight is 472 g/mol. The summed E-state index contributed by atoms with van der Waals surface area (Å²) in [6.45, 7) is 9.33. The number of aryl methyl sites for hydroxylation is 2. The van der Waals surface area contributed by atoms with Crippen LogP contribution < -0.4 is 9.62 Å². The van der Waals surface area contributed by atoms with Gasteiger partial charge in [0, 0.05) is 13.1 Å². The second-order valence-electron chi connectivity index (χ2n) is 9.13. The van der Waals surface area contributed by atoms with Gasteiger partial charge in [0.05, 0.1) is 11.9 Å². The van der Waals surface area contributed by atoms with Crippen LogP contribution in [0.5, 0.6) is 0 Å². The summed E-state index contributed by atoms with van der Waals surface area (Å²) >= 11 is 0. The molecule has 1 aliphatic rings. The smallest absolute Gasteiger partial charge is 0.244 e. The molecule has 0 radical (unpaired) electrons. The Hall–Kier alpha value is -2.38. The largest absolute Gasteiger partial charge is 0.350 e. The van der Waals surface area contributed by atoms with Gasteiger partial charge in [-0.25, -0.2) is 8.42 Å². The highest BCUT2D eigenvalue weighted by Gasteiger charge is 2.31. The van der Waals surface area contributed by atoms with E-state index >= 15 is 0 Å². The third-order valence-corrected chi connectivity index (χ3v) is 7.57. The average Bonchev–Trinajstić information content (AvgIpc) is 2.78. The van der Waals surface area contributed by atoms with Gasteiger partial charge in [-0.05, 0) is 80.6 Å². The minimum Gasteiger partial charge on any atom is -0.350 e. The molecule has 2 aromatic rings. The van der Waals surface area contributed by atoms with Crippen molar-refractivity contribution in [3.05, 3.63) is 64.7 Å². The summed E-state index contributed by atoms with van der Waals surface area (Å²) in [5.74, 6) is -0.289. The molecule has 1 amide bonds. The number of hydrogen-bond acceptors (Lipinski definition) is 4. The van der Waals surface area contributed by atoms with E-state index in [1.165, 1.54) is 29.1 Å². The molecule has 0 saturated carbocycles. The molecule has 1 saturated heterocycles. The van der Waals surface area contributed by atoms with Gasteiger partial charge in [-0.15, -0.1) is 0 Å². The predicted molar refractivity (Wildman–Crippen MR) is 135 cm³/mol. The van der Waals surface area contributed by atoms with Crippen LogP contribution in [0.2, 0.25) is 0 Å². The fraction of sp³-hybridized carbons (Fsp3) is 0.500. The number of nitrogens with one attached hydrogen (secondary N) is 1. The minimum absolute atomic E-state index is 0.289. The molecular weight excluding hydrogens is 434 g/mol. The van der Waals surface area contributed by atoms with Crippen molar-refractivity contribution >= 4 is 21.6 Å². The van der Waals surface area contributed by atoms with Crippen LogP contribution in [0.25, 0.3) is 0 Å². The molecule has 1 aliphatic heterocycles. The molecule has 7 heteroatoms. The number of sulfonamides is 1. The number of likely N-dealkylation sites (tertiary alicyclic amines) is 1. The van der Waals surface area contributed by atoms with Crippen molar-refractivity contribution in [1.29, 1.82) is 0 Å². The lowest BCUT2D eigenvalue weighted by Gasteiger charge is -2.30. The van der Waals surface area contributed by atoms with E-state index in [1.54, 1.807) is 6.07 Å². The fourth-order valence-electron chi connectivity index (χ4n) is 4.44. The van der Waals surface area contributed by atoms with E-state index in [1.807, 2.05) is 45.0 Å². The normalized spacial score (nSPS) is 15.8. The van der Waals surface area contributed by atoms with Crippen molar-refractivity contribution in [3.63, 3.8) is 0 Å². The summed E-state index contributed by atoms with van der Waals surface area (Å²) in [6, 6.07) is 13.0. The summed E-state index contributed by atoms with van der Waals surface area (Å²) in [7, 11) is -3.64. The highest BCUT2D eigenvalue weighted by Crippen LogP contribution is 2.25. The molecule has 1 fully saturated rings. The van der Waals surface area contributed by atoms with Gasteiger partial charge < -0.3 is 5.32 Å². The molecule has 0 bridgehead atoms. The van der Waals surface area contributed by atoms with Gasteiger partial charge in [0.15, 0.2) is 0 Å². The molecule has 1 N–H and O–H groups in total. The molecule has 180 valence electrons. The number of amides is 1. The van der Waals surface area contributed by atoms with Gasteiger partial charge in [-0.1, -0.05) is 43.7 Å². The Morgan fingerprint density at radius 2 is 1.73 bits per heavy atom. The van der Waals surface area contributed by atoms with Crippen molar-refractivity contribution in [2.75, 3.05) is 23.7 Å². The van der Waals surface area contributed by atoms with E-state index in [0.29, 0.717) is 18.7 Å². The molecule has 0 aliphatic carbocycles. The number of nitrogens with zero attached hydrogens (tertiary/aromatic N) is 2. The standard InChI is InChI=1S/C26H37N3O3S/c1-5-25(29(33(4,31)32)24-13-12-20(2)21(3)16-24)26(30)27-18-22-10-9-11-23(17-22)19-28-14-7-6-8-15-28/h9-13,16-17,25H,5-8,14-15,18-19H2,1-4H3,(H,27,30)/t25-/m0/s1. The highest BCUT2D eigenvalue weighted by molar-refractivity contribution is 7.92. The Morgan fingerprint density at radius 1 is 1.03 bits per heavy atom. The second kappa shape index (κ2) is 11.2. The summed E-state index contributed by atoms with van der Waals surface area (Å²) in [6.07, 6.45) is 5.36. The third kappa shape index (κ3) is 6.81. The lowest BCUT2D eigenvalue weighted by atomic mass is 10.1. The van der Waals surface area contributed by atoms with Crippen LogP contribution >= 0.6 is 0 Å². The number of rotatable bonds is 9. The van der Waals surface area contributed by atoms with Gasteiger partial charge in [0.2, 0.25) is 15.9 Å². The minimum atomic E-state index is -3.64. The molecule has 1 atom stereocenters. The molecule has 2 aromatic carbocycles. The SMILES string of the molecule is CC[C@@H](C(=O)NCc1cccc(CN2CCCCC2)c1)N(c1ccc(C)c(C)c1)S(C)(=O)=O. The quantitative estimate of drug-likeness (QED) is 0.597. The van der Waals surface area contributed by atoms with E-state index in [9.17, 15) is 13.2 Å². The Balaban J connectivity index is 1.71. The number of carbonyl (C=O) groups excluding carboxylic acids is 1. The van der Waals surface area contributed by atoms with Crippen molar-refractivity contribution in [1.82, 2.24) is 10.2 Å². The highest BCUT2D eigenvalue weighted by atomic mass is 32.2. The van der Waals surface area contributed by atoms with Crippen LogP contribution in [0.1, 0.15) is 54.9 Å². The summed E-state index contributed by atoms with van der Waals surface area (Å²) in [4.78, 5) is 15.6. The molecule has 1 heterocycles. The van der Waals surface area contributed by atoms with Crippen molar-refractivity contribution in [2.45, 2.75) is 65.6 Å². The van der Waals surface area contributed by atoms with E-state index in [-0.39, 0.29) is 5.91 Å². The van der Waals surface area contributed by atoms with Crippen LogP contribution in [0.4, 0.5) is 5.69 Å². The molecule has 0 spiro atoms. The molecule has 0 unspecified atom stereocenters. The topological polar surface area (TPSA) is 69.7 Å². The second-order valence-corrected chi connectivity index (χ2v) is 11.0. The predicted octanol–water partition coefficient (Wildman–Crippen LogP) is 4.15. The molecular formula is C26H37N3O3S. The lowest BCUT2D eigenvalue weighted by Crippen LogP contribution is -2.49. The number of piperidine rings is 1. The van der Waals surface area contributed by atoms with E-state index < -0.39 is 16.1 Å². The Labute approximate surface area is 199 Å². The lowest BCUT2D eigenvalue weighted by molar-refractivity contribution is -0.122. The molecule has 33 heavy (non-hydrogen) atoms. The van der Waals surface area contributed by atoms with Crippen LogP contribution in [0.3, 0.4) is 0 Å². The summed E-state index contributed by atoms with van der Waals surface area (Å²) in [5, 5.41) is 2.97. The van der Waals surface area contributed by atoms with E-state index in [2.05, 4.69) is 22.3 Å². The monoisotopic (exact) mass is 471 g/mol. The first-order chi connectivity index (χ1) is 15.7. The van der Waals surface area contributed by atoms with Gasteiger partial charge in [0.1, 0.15) is 6.04 Å². The number of carbonyl (C=O) groups is 1. The zero-order valence-corrected chi connectivity index (χ0v) is 21.1.